The summed E-state index contributed by atoms with van der Waals surface area (Å²) in [6.45, 7) is 5.79. The fraction of sp³-hybridized carbons (Fsp3) is 0.333. The summed E-state index contributed by atoms with van der Waals surface area (Å²) in [5.41, 5.74) is 7.64. The van der Waals surface area contributed by atoms with E-state index in [9.17, 15) is 28.0 Å². The lowest BCUT2D eigenvalue weighted by Gasteiger charge is -2.29. The van der Waals surface area contributed by atoms with E-state index in [1.807, 2.05) is 31.5 Å². The molecule has 0 radical (unpaired) electrons. The second kappa shape index (κ2) is 12.6. The molecule has 1 fully saturated rings. The zero-order chi connectivity index (χ0) is 33.2. The van der Waals surface area contributed by atoms with Crippen LogP contribution in [-0.4, -0.2) is 37.6 Å². The summed E-state index contributed by atoms with van der Waals surface area (Å²) in [7, 11) is 0. The van der Waals surface area contributed by atoms with Gasteiger partial charge in [0.1, 0.15) is 29.5 Å². The molecule has 0 unspecified atom stereocenters. The van der Waals surface area contributed by atoms with Crippen molar-refractivity contribution in [3.63, 3.8) is 0 Å². The molecule has 1 aliphatic rings. The molecule has 0 bridgehead atoms. The van der Waals surface area contributed by atoms with E-state index >= 15 is 0 Å². The SMILES string of the molecule is CC(C)(C)C=C(C#N)C(=O)NC1CCC(n2nc(-c3ccc(NC(=O)c4ccc(C(F)(F)F)cc4)cc3)c3c(N)ncnc32)CC1. The molecule has 0 spiro atoms. The number of allylic oxidation sites excluding steroid dienone is 1. The summed E-state index contributed by atoms with van der Waals surface area (Å²) in [5, 5.41) is 20.6. The van der Waals surface area contributed by atoms with Crippen LogP contribution in [0.3, 0.4) is 0 Å². The van der Waals surface area contributed by atoms with E-state index in [1.54, 1.807) is 30.3 Å². The Morgan fingerprint density at radius 3 is 2.24 bits per heavy atom. The number of nitrogens with two attached hydrogens (primary N) is 1. The molecule has 2 aromatic heterocycles. The van der Waals surface area contributed by atoms with Crippen LogP contribution < -0.4 is 16.4 Å². The number of carbonyl (C=O) groups is 2. The smallest absolute Gasteiger partial charge is 0.383 e. The van der Waals surface area contributed by atoms with Gasteiger partial charge >= 0.3 is 6.18 Å². The van der Waals surface area contributed by atoms with Crippen molar-refractivity contribution in [3.05, 3.63) is 77.6 Å². The Labute approximate surface area is 263 Å². The first-order valence-corrected chi connectivity index (χ1v) is 14.7. The Balaban J connectivity index is 1.30. The summed E-state index contributed by atoms with van der Waals surface area (Å²) in [4.78, 5) is 34.0. The van der Waals surface area contributed by atoms with Gasteiger partial charge in [-0.15, -0.1) is 0 Å². The average molecular weight is 631 g/mol. The summed E-state index contributed by atoms with van der Waals surface area (Å²) in [6, 6.07) is 12.7. The average Bonchev–Trinajstić information content (AvgIpc) is 3.41. The number of carbonyl (C=O) groups excluding carboxylic acids is 2. The first kappa shape index (κ1) is 32.2. The minimum atomic E-state index is -4.49. The quantitative estimate of drug-likeness (QED) is 0.164. The van der Waals surface area contributed by atoms with E-state index in [0.29, 0.717) is 53.7 Å². The number of nitriles is 1. The predicted octanol–water partition coefficient (Wildman–Crippen LogP) is 6.44. The summed E-state index contributed by atoms with van der Waals surface area (Å²) in [6.07, 6.45) is 1.38. The fourth-order valence-electron chi connectivity index (χ4n) is 5.49. The molecule has 5 rings (SSSR count). The number of nitrogens with one attached hydrogen (secondary N) is 2. The minimum absolute atomic E-state index is 0.0125. The standard InChI is InChI=1S/C33H33F3N8O2/c1-32(2,3)16-21(17-37)31(46)42-24-12-14-25(15-13-24)44-29-26(28(38)39-18-40-29)27(43-44)19-6-10-23(11-7-19)41-30(45)20-4-8-22(9-5-20)33(34,35)36/h4-11,16,18,24-25H,12-15H2,1-3H3,(H,41,45)(H,42,46)(H2,38,39,40). The highest BCUT2D eigenvalue weighted by Gasteiger charge is 2.31. The number of amides is 2. The molecule has 10 nitrogen and oxygen atoms in total. The van der Waals surface area contributed by atoms with E-state index < -0.39 is 17.6 Å². The number of aromatic nitrogens is 4. The first-order valence-electron chi connectivity index (χ1n) is 14.7. The Morgan fingerprint density at radius 2 is 1.65 bits per heavy atom. The molecule has 13 heteroatoms. The molecule has 4 aromatic rings. The van der Waals surface area contributed by atoms with Crippen molar-refractivity contribution in [2.45, 2.75) is 64.7 Å². The highest BCUT2D eigenvalue weighted by Crippen LogP contribution is 2.36. The Bertz CT molecular complexity index is 1820. The third-order valence-corrected chi connectivity index (χ3v) is 7.73. The van der Waals surface area contributed by atoms with Gasteiger partial charge in [0.05, 0.1) is 17.0 Å². The third-order valence-electron chi connectivity index (χ3n) is 7.73. The molecule has 2 aromatic carbocycles. The van der Waals surface area contributed by atoms with Crippen molar-refractivity contribution >= 4 is 34.4 Å². The van der Waals surface area contributed by atoms with Crippen molar-refractivity contribution in [2.24, 2.45) is 5.41 Å². The van der Waals surface area contributed by atoms with Gasteiger partial charge < -0.3 is 16.4 Å². The second-order valence-corrected chi connectivity index (χ2v) is 12.4. The lowest BCUT2D eigenvalue weighted by molar-refractivity contribution is -0.137. The molecular weight excluding hydrogens is 597 g/mol. The molecule has 1 aliphatic carbocycles. The van der Waals surface area contributed by atoms with Gasteiger partial charge in [-0.3, -0.25) is 9.59 Å². The monoisotopic (exact) mass is 630 g/mol. The molecule has 46 heavy (non-hydrogen) atoms. The summed E-state index contributed by atoms with van der Waals surface area (Å²) in [5.74, 6) is -0.650. The highest BCUT2D eigenvalue weighted by atomic mass is 19.4. The number of hydrogen-bond acceptors (Lipinski definition) is 7. The number of nitrogens with zero attached hydrogens (tertiary/aromatic N) is 5. The Hall–Kier alpha value is -5.25. The van der Waals surface area contributed by atoms with Crippen molar-refractivity contribution in [1.82, 2.24) is 25.1 Å². The van der Waals surface area contributed by atoms with Crippen molar-refractivity contribution in [2.75, 3.05) is 11.1 Å². The van der Waals surface area contributed by atoms with Gasteiger partial charge in [0.2, 0.25) is 0 Å². The molecule has 0 saturated heterocycles. The number of benzene rings is 2. The maximum absolute atomic E-state index is 12.9. The number of nitrogen functional groups attached to an aromatic ring is 1. The summed E-state index contributed by atoms with van der Waals surface area (Å²) >= 11 is 0. The number of hydrogen-bond donors (Lipinski definition) is 3. The van der Waals surface area contributed by atoms with Gasteiger partial charge in [0.25, 0.3) is 11.8 Å². The molecular formula is C33H33F3N8O2. The molecule has 4 N–H and O–H groups in total. The van der Waals surface area contributed by atoms with Crippen LogP contribution in [0.2, 0.25) is 0 Å². The Kier molecular flexibility index (Phi) is 8.83. The van der Waals surface area contributed by atoms with Crippen LogP contribution in [-0.2, 0) is 11.0 Å². The largest absolute Gasteiger partial charge is 0.416 e. The highest BCUT2D eigenvalue weighted by molar-refractivity contribution is 6.04. The Morgan fingerprint density at radius 1 is 1.00 bits per heavy atom. The van der Waals surface area contributed by atoms with Gasteiger partial charge in [-0.2, -0.15) is 23.5 Å². The second-order valence-electron chi connectivity index (χ2n) is 12.4. The van der Waals surface area contributed by atoms with Gasteiger partial charge in [0, 0.05) is 22.9 Å². The van der Waals surface area contributed by atoms with Crippen molar-refractivity contribution in [1.29, 1.82) is 5.26 Å². The van der Waals surface area contributed by atoms with Crippen LogP contribution in [0, 0.1) is 16.7 Å². The third kappa shape index (κ3) is 7.17. The van der Waals surface area contributed by atoms with Crippen molar-refractivity contribution in [3.8, 4) is 17.3 Å². The van der Waals surface area contributed by atoms with Crippen LogP contribution in [0.4, 0.5) is 24.7 Å². The van der Waals surface area contributed by atoms with Crippen LogP contribution in [0.5, 0.6) is 0 Å². The minimum Gasteiger partial charge on any atom is -0.383 e. The maximum atomic E-state index is 12.9. The number of alkyl halides is 3. The van der Waals surface area contributed by atoms with Crippen molar-refractivity contribution < 1.29 is 22.8 Å². The van der Waals surface area contributed by atoms with Crippen LogP contribution in [0.1, 0.15) is 68.4 Å². The van der Waals surface area contributed by atoms with Gasteiger partial charge in [-0.25, -0.2) is 14.6 Å². The topological polar surface area (TPSA) is 152 Å². The molecule has 238 valence electrons. The maximum Gasteiger partial charge on any atom is 0.416 e. The van der Waals surface area contributed by atoms with Gasteiger partial charge in [-0.05, 0) is 67.5 Å². The van der Waals surface area contributed by atoms with E-state index in [4.69, 9.17) is 10.8 Å². The number of rotatable bonds is 6. The predicted molar refractivity (Wildman–Crippen MR) is 167 cm³/mol. The van der Waals surface area contributed by atoms with E-state index in [2.05, 4.69) is 20.6 Å². The van der Waals surface area contributed by atoms with E-state index in [-0.39, 0.29) is 40.4 Å². The van der Waals surface area contributed by atoms with Crippen LogP contribution in [0.15, 0.2) is 66.5 Å². The summed E-state index contributed by atoms with van der Waals surface area (Å²) < 4.78 is 40.4. The van der Waals surface area contributed by atoms with Crippen LogP contribution in [0.25, 0.3) is 22.3 Å². The number of fused-ring (bicyclic) bond motifs is 1. The zero-order valence-corrected chi connectivity index (χ0v) is 25.5. The fourth-order valence-corrected chi connectivity index (χ4v) is 5.49. The zero-order valence-electron chi connectivity index (χ0n) is 25.5. The van der Waals surface area contributed by atoms with Gasteiger partial charge in [0.15, 0.2) is 5.65 Å². The van der Waals surface area contributed by atoms with E-state index in [0.717, 1.165) is 24.3 Å². The number of anilines is 2. The molecule has 1 saturated carbocycles. The molecule has 0 aliphatic heterocycles. The van der Waals surface area contributed by atoms with Gasteiger partial charge in [-0.1, -0.05) is 39.0 Å². The van der Waals surface area contributed by atoms with E-state index in [1.165, 1.54) is 6.33 Å². The van der Waals surface area contributed by atoms with Crippen LogP contribution >= 0.6 is 0 Å². The molecule has 2 amide bonds. The molecule has 2 heterocycles. The normalized spacial score (nSPS) is 17.4. The first-order chi connectivity index (χ1) is 21.7. The molecule has 0 atom stereocenters. The number of halogens is 3. The lowest BCUT2D eigenvalue weighted by atomic mass is 9.90. The lowest BCUT2D eigenvalue weighted by Crippen LogP contribution is -2.38.